The number of morpholine rings is 1. The molecule has 146 valence electrons. The summed E-state index contributed by atoms with van der Waals surface area (Å²) in [6.07, 6.45) is 0.970. The summed E-state index contributed by atoms with van der Waals surface area (Å²) in [6.45, 7) is 11.4. The molecule has 1 unspecified atom stereocenters. The van der Waals surface area contributed by atoms with Crippen LogP contribution in [-0.2, 0) is 17.7 Å². The van der Waals surface area contributed by atoms with E-state index in [1.165, 1.54) is 16.0 Å². The zero-order valence-corrected chi connectivity index (χ0v) is 17.4. The number of nitrogens with zero attached hydrogens (tertiary/aromatic N) is 2. The molecule has 0 N–H and O–H groups in total. The summed E-state index contributed by atoms with van der Waals surface area (Å²) < 4.78 is 5.46. The lowest BCUT2D eigenvalue weighted by Crippen LogP contribution is -2.47. The van der Waals surface area contributed by atoms with Crippen LogP contribution in [0.4, 0.5) is 0 Å². The molecule has 0 saturated carbocycles. The van der Waals surface area contributed by atoms with Crippen LogP contribution in [0.1, 0.15) is 39.5 Å². The number of thiophene rings is 1. The van der Waals surface area contributed by atoms with Gasteiger partial charge in [-0.05, 0) is 37.5 Å². The van der Waals surface area contributed by atoms with Crippen LogP contribution in [0.15, 0.2) is 36.4 Å². The first kappa shape index (κ1) is 20.1. The molecule has 0 aliphatic carbocycles. The van der Waals surface area contributed by atoms with Crippen molar-refractivity contribution in [2.75, 3.05) is 32.8 Å². The molecule has 4 nitrogen and oxygen atoms in total. The van der Waals surface area contributed by atoms with Crippen molar-refractivity contribution >= 4 is 17.2 Å². The van der Waals surface area contributed by atoms with Crippen LogP contribution in [0.25, 0.3) is 0 Å². The molecule has 0 spiro atoms. The van der Waals surface area contributed by atoms with Gasteiger partial charge in [0.05, 0.1) is 18.1 Å². The van der Waals surface area contributed by atoms with E-state index in [9.17, 15) is 4.79 Å². The Morgan fingerprint density at radius 3 is 2.59 bits per heavy atom. The first-order valence-electron chi connectivity index (χ1n) is 9.82. The van der Waals surface area contributed by atoms with Gasteiger partial charge in [-0.2, -0.15) is 0 Å². The van der Waals surface area contributed by atoms with Crippen LogP contribution in [0.2, 0.25) is 0 Å². The predicted octanol–water partition coefficient (Wildman–Crippen LogP) is 3.98. The van der Waals surface area contributed by atoms with Crippen molar-refractivity contribution in [1.29, 1.82) is 0 Å². The quantitative estimate of drug-likeness (QED) is 0.721. The normalized spacial score (nSPS) is 16.3. The van der Waals surface area contributed by atoms with Gasteiger partial charge in [0, 0.05) is 37.1 Å². The first-order chi connectivity index (χ1) is 13.1. The highest BCUT2D eigenvalue weighted by atomic mass is 32.1. The summed E-state index contributed by atoms with van der Waals surface area (Å²) in [5, 5.41) is 0. The van der Waals surface area contributed by atoms with Crippen LogP contribution in [0, 0.1) is 6.92 Å². The van der Waals surface area contributed by atoms with E-state index in [1.54, 1.807) is 11.3 Å². The van der Waals surface area contributed by atoms with Gasteiger partial charge in [0.1, 0.15) is 0 Å². The standard InChI is InChI=1S/C22H30N2O2S/c1-4-20-14-21(27-18(20)3)22(25)24(16-19-8-6-5-7-9-19)17(2)15-23-10-12-26-13-11-23/h5-9,14,17H,4,10-13,15-16H2,1-3H3. The summed E-state index contributed by atoms with van der Waals surface area (Å²) in [6, 6.07) is 12.5. The molecule has 1 aliphatic heterocycles. The predicted molar refractivity (Wildman–Crippen MR) is 111 cm³/mol. The van der Waals surface area contributed by atoms with Gasteiger partial charge in [0.2, 0.25) is 0 Å². The Morgan fingerprint density at radius 2 is 1.96 bits per heavy atom. The number of carbonyl (C=O) groups excluding carboxylic acids is 1. The van der Waals surface area contributed by atoms with E-state index in [1.807, 2.05) is 23.1 Å². The van der Waals surface area contributed by atoms with E-state index >= 15 is 0 Å². The largest absolute Gasteiger partial charge is 0.379 e. The van der Waals surface area contributed by atoms with Crippen LogP contribution in [0.5, 0.6) is 0 Å². The minimum Gasteiger partial charge on any atom is -0.379 e. The summed E-state index contributed by atoms with van der Waals surface area (Å²) in [5.74, 6) is 0.146. The van der Waals surface area contributed by atoms with Crippen molar-refractivity contribution in [3.05, 3.63) is 57.3 Å². The van der Waals surface area contributed by atoms with E-state index in [2.05, 4.69) is 43.9 Å². The van der Waals surface area contributed by atoms with Crippen molar-refractivity contribution in [2.24, 2.45) is 0 Å². The van der Waals surface area contributed by atoms with E-state index in [-0.39, 0.29) is 11.9 Å². The second-order valence-corrected chi connectivity index (χ2v) is 8.48. The zero-order chi connectivity index (χ0) is 19.2. The highest BCUT2D eigenvalue weighted by Crippen LogP contribution is 2.25. The van der Waals surface area contributed by atoms with E-state index < -0.39 is 0 Å². The maximum atomic E-state index is 13.4. The molecule has 5 heteroatoms. The number of hydrogen-bond donors (Lipinski definition) is 0. The van der Waals surface area contributed by atoms with Gasteiger partial charge in [-0.1, -0.05) is 37.3 Å². The second-order valence-electron chi connectivity index (χ2n) is 7.23. The molecule has 1 aromatic heterocycles. The Kier molecular flexibility index (Phi) is 7.05. The van der Waals surface area contributed by atoms with Crippen LogP contribution < -0.4 is 0 Å². The molecule has 27 heavy (non-hydrogen) atoms. The van der Waals surface area contributed by atoms with Gasteiger partial charge in [-0.15, -0.1) is 11.3 Å². The average Bonchev–Trinajstić information content (AvgIpc) is 3.08. The highest BCUT2D eigenvalue weighted by Gasteiger charge is 2.26. The van der Waals surface area contributed by atoms with Gasteiger partial charge >= 0.3 is 0 Å². The van der Waals surface area contributed by atoms with Crippen molar-refractivity contribution in [3.63, 3.8) is 0 Å². The topological polar surface area (TPSA) is 32.8 Å². The molecule has 1 aromatic carbocycles. The van der Waals surface area contributed by atoms with Crippen molar-refractivity contribution in [2.45, 2.75) is 39.8 Å². The number of ether oxygens (including phenoxy) is 1. The fraction of sp³-hybridized carbons (Fsp3) is 0.500. The molecular formula is C22H30N2O2S. The fourth-order valence-electron chi connectivity index (χ4n) is 3.58. The minimum absolute atomic E-state index is 0.142. The third-order valence-electron chi connectivity index (χ3n) is 5.23. The lowest BCUT2D eigenvalue weighted by Gasteiger charge is -2.35. The van der Waals surface area contributed by atoms with Crippen molar-refractivity contribution in [3.8, 4) is 0 Å². The molecular weight excluding hydrogens is 356 g/mol. The molecule has 2 heterocycles. The Labute approximate surface area is 166 Å². The van der Waals surface area contributed by atoms with Crippen LogP contribution in [-0.4, -0.2) is 54.6 Å². The van der Waals surface area contributed by atoms with E-state index in [0.717, 1.165) is 44.1 Å². The molecule has 1 atom stereocenters. The zero-order valence-electron chi connectivity index (χ0n) is 16.6. The van der Waals surface area contributed by atoms with Gasteiger partial charge in [0.25, 0.3) is 5.91 Å². The highest BCUT2D eigenvalue weighted by molar-refractivity contribution is 7.14. The molecule has 1 fully saturated rings. The minimum atomic E-state index is 0.142. The molecule has 1 amide bonds. The number of benzene rings is 1. The number of amides is 1. The second kappa shape index (κ2) is 9.49. The van der Waals surface area contributed by atoms with E-state index in [0.29, 0.717) is 6.54 Å². The first-order valence-corrected chi connectivity index (χ1v) is 10.6. The molecule has 0 bridgehead atoms. The third kappa shape index (κ3) is 5.18. The van der Waals surface area contributed by atoms with Crippen LogP contribution >= 0.6 is 11.3 Å². The smallest absolute Gasteiger partial charge is 0.264 e. The lowest BCUT2D eigenvalue weighted by molar-refractivity contribution is 0.0229. The van der Waals surface area contributed by atoms with Gasteiger partial charge in [-0.25, -0.2) is 0 Å². The summed E-state index contributed by atoms with van der Waals surface area (Å²) >= 11 is 1.62. The van der Waals surface area contributed by atoms with Crippen molar-refractivity contribution < 1.29 is 9.53 Å². The molecule has 1 saturated heterocycles. The fourth-order valence-corrected chi connectivity index (χ4v) is 4.65. The maximum absolute atomic E-state index is 13.4. The number of hydrogen-bond acceptors (Lipinski definition) is 4. The van der Waals surface area contributed by atoms with E-state index in [4.69, 9.17) is 4.74 Å². The summed E-state index contributed by atoms with van der Waals surface area (Å²) in [5.41, 5.74) is 2.45. The van der Waals surface area contributed by atoms with Crippen molar-refractivity contribution in [1.82, 2.24) is 9.80 Å². The molecule has 0 radical (unpaired) electrons. The number of aryl methyl sites for hydroxylation is 2. The Morgan fingerprint density at radius 1 is 1.26 bits per heavy atom. The van der Waals surface area contributed by atoms with Crippen LogP contribution in [0.3, 0.4) is 0 Å². The summed E-state index contributed by atoms with van der Waals surface area (Å²) in [4.78, 5) is 20.0. The van der Waals surface area contributed by atoms with Gasteiger partial charge in [-0.3, -0.25) is 9.69 Å². The Hall–Kier alpha value is -1.69. The number of rotatable bonds is 7. The lowest BCUT2D eigenvalue weighted by atomic mass is 10.1. The number of carbonyl (C=O) groups is 1. The average molecular weight is 387 g/mol. The Bertz CT molecular complexity index is 738. The Balaban J connectivity index is 1.80. The van der Waals surface area contributed by atoms with Gasteiger partial charge < -0.3 is 9.64 Å². The maximum Gasteiger partial charge on any atom is 0.264 e. The third-order valence-corrected chi connectivity index (χ3v) is 6.31. The SMILES string of the molecule is CCc1cc(C(=O)N(Cc2ccccc2)C(C)CN2CCOCC2)sc1C. The molecule has 3 rings (SSSR count). The summed E-state index contributed by atoms with van der Waals surface area (Å²) in [7, 11) is 0. The monoisotopic (exact) mass is 386 g/mol. The van der Waals surface area contributed by atoms with Gasteiger partial charge in [0.15, 0.2) is 0 Å². The molecule has 1 aliphatic rings. The molecule has 2 aromatic rings.